The molecule has 0 bridgehead atoms. The largest absolute Gasteiger partial charge is 0.341 e. The maximum Gasteiger partial charge on any atom is 0.225 e. The van der Waals surface area contributed by atoms with Gasteiger partial charge in [0.15, 0.2) is 0 Å². The van der Waals surface area contributed by atoms with Gasteiger partial charge in [0.1, 0.15) is 0 Å². The molecule has 1 amide bonds. The summed E-state index contributed by atoms with van der Waals surface area (Å²) in [5.41, 5.74) is 0. The first-order valence-electron chi connectivity index (χ1n) is 6.15. The number of carbonyl (C=O) groups excluding carboxylic acids is 1. The smallest absolute Gasteiger partial charge is 0.225 e. The van der Waals surface area contributed by atoms with Crippen molar-refractivity contribution in [2.45, 2.75) is 43.9 Å². The predicted molar refractivity (Wildman–Crippen MR) is 65.0 cm³/mol. The van der Waals surface area contributed by atoms with Gasteiger partial charge < -0.3 is 4.90 Å². The molecule has 0 aromatic carbocycles. The Hall–Kier alpha value is -0.0500. The second kappa shape index (κ2) is 4.86. The van der Waals surface area contributed by atoms with Gasteiger partial charge in [-0.05, 0) is 18.8 Å². The minimum absolute atomic E-state index is 0.348. The second-order valence-corrected chi connectivity index (χ2v) is 6.09. The van der Waals surface area contributed by atoms with E-state index in [9.17, 15) is 4.79 Å². The molecule has 0 N–H and O–H groups in total. The van der Waals surface area contributed by atoms with E-state index in [0.29, 0.717) is 22.6 Å². The number of nitrogens with zero attached hydrogens (tertiary/aromatic N) is 1. The summed E-state index contributed by atoms with van der Waals surface area (Å²) in [7, 11) is 0. The Morgan fingerprint density at radius 1 is 1.33 bits per heavy atom. The van der Waals surface area contributed by atoms with Crippen LogP contribution in [0.2, 0.25) is 0 Å². The zero-order valence-corrected chi connectivity index (χ0v) is 11.0. The van der Waals surface area contributed by atoms with Crippen LogP contribution in [0.3, 0.4) is 0 Å². The maximum atomic E-state index is 12.2. The number of likely N-dealkylation sites (tertiary alicyclic amines) is 1. The van der Waals surface area contributed by atoms with Gasteiger partial charge in [-0.1, -0.05) is 42.1 Å². The molecule has 0 radical (unpaired) electrons. The minimum atomic E-state index is 0.348. The summed E-state index contributed by atoms with van der Waals surface area (Å²) in [4.78, 5) is 14.8. The Morgan fingerprint density at radius 2 is 2.00 bits per heavy atom. The van der Waals surface area contributed by atoms with Crippen molar-refractivity contribution in [1.82, 2.24) is 4.90 Å². The summed E-state index contributed by atoms with van der Waals surface area (Å²) in [5, 5.41) is 0. The van der Waals surface area contributed by atoms with Gasteiger partial charge in [-0.3, -0.25) is 4.79 Å². The zero-order valence-electron chi connectivity index (χ0n) is 9.42. The molecule has 2 fully saturated rings. The molecular formula is C12H20BrNO. The quantitative estimate of drug-likeness (QED) is 0.709. The SMILES string of the molecule is CCC1CN(C(=O)C2CCCC2)CC1Br. The average molecular weight is 274 g/mol. The number of carbonyl (C=O) groups is 1. The van der Waals surface area contributed by atoms with E-state index >= 15 is 0 Å². The Labute approximate surface area is 101 Å². The molecule has 86 valence electrons. The van der Waals surface area contributed by atoms with E-state index in [1.807, 2.05) is 0 Å². The predicted octanol–water partition coefficient (Wildman–Crippen LogP) is 2.81. The normalized spacial score (nSPS) is 32.5. The highest BCUT2D eigenvalue weighted by Gasteiger charge is 2.35. The van der Waals surface area contributed by atoms with Crippen LogP contribution in [0.1, 0.15) is 39.0 Å². The molecule has 1 saturated heterocycles. The van der Waals surface area contributed by atoms with Gasteiger partial charge in [-0.2, -0.15) is 0 Å². The van der Waals surface area contributed by atoms with E-state index in [0.717, 1.165) is 25.9 Å². The fourth-order valence-corrected chi connectivity index (χ4v) is 3.72. The first-order valence-corrected chi connectivity index (χ1v) is 7.06. The lowest BCUT2D eigenvalue weighted by molar-refractivity contribution is -0.134. The molecular weight excluding hydrogens is 254 g/mol. The van der Waals surface area contributed by atoms with Crippen LogP contribution in [0.25, 0.3) is 0 Å². The summed E-state index contributed by atoms with van der Waals surface area (Å²) in [6.07, 6.45) is 5.92. The summed E-state index contributed by atoms with van der Waals surface area (Å²) in [5.74, 6) is 1.43. The molecule has 1 aliphatic heterocycles. The molecule has 2 atom stereocenters. The standard InChI is InChI=1S/C12H20BrNO/c1-2-9-7-14(8-11(9)13)12(15)10-5-3-4-6-10/h9-11H,2-8H2,1H3. The Morgan fingerprint density at radius 3 is 2.53 bits per heavy atom. The number of alkyl halides is 1. The van der Waals surface area contributed by atoms with Crippen molar-refractivity contribution >= 4 is 21.8 Å². The van der Waals surface area contributed by atoms with Gasteiger partial charge in [-0.25, -0.2) is 0 Å². The first kappa shape index (κ1) is 11.4. The van der Waals surface area contributed by atoms with Gasteiger partial charge in [0.2, 0.25) is 5.91 Å². The Bertz CT molecular complexity index is 238. The van der Waals surface area contributed by atoms with Crippen molar-refractivity contribution < 1.29 is 4.79 Å². The lowest BCUT2D eigenvalue weighted by Crippen LogP contribution is -2.33. The van der Waals surface area contributed by atoms with Crippen LogP contribution in [0.4, 0.5) is 0 Å². The van der Waals surface area contributed by atoms with E-state index in [1.54, 1.807) is 0 Å². The number of hydrogen-bond donors (Lipinski definition) is 0. The van der Waals surface area contributed by atoms with Crippen LogP contribution in [0, 0.1) is 11.8 Å². The fraction of sp³-hybridized carbons (Fsp3) is 0.917. The number of amides is 1. The van der Waals surface area contributed by atoms with E-state index in [4.69, 9.17) is 0 Å². The lowest BCUT2D eigenvalue weighted by atomic mass is 10.1. The zero-order chi connectivity index (χ0) is 10.8. The van der Waals surface area contributed by atoms with Crippen LogP contribution in [-0.2, 0) is 4.79 Å². The summed E-state index contributed by atoms with van der Waals surface area (Å²) in [6, 6.07) is 0. The Kier molecular flexibility index (Phi) is 3.70. The van der Waals surface area contributed by atoms with Crippen LogP contribution in [-0.4, -0.2) is 28.7 Å². The monoisotopic (exact) mass is 273 g/mol. The number of hydrogen-bond acceptors (Lipinski definition) is 1. The third-order valence-electron chi connectivity index (χ3n) is 3.90. The van der Waals surface area contributed by atoms with Gasteiger partial charge in [0, 0.05) is 23.8 Å². The summed E-state index contributed by atoms with van der Waals surface area (Å²) < 4.78 is 0. The molecule has 2 unspecified atom stereocenters. The van der Waals surface area contributed by atoms with Crippen molar-refractivity contribution in [2.75, 3.05) is 13.1 Å². The van der Waals surface area contributed by atoms with E-state index in [1.165, 1.54) is 19.3 Å². The van der Waals surface area contributed by atoms with Crippen LogP contribution < -0.4 is 0 Å². The lowest BCUT2D eigenvalue weighted by Gasteiger charge is -2.20. The van der Waals surface area contributed by atoms with Crippen molar-refractivity contribution in [3.8, 4) is 0 Å². The molecule has 0 aromatic rings. The molecule has 0 aromatic heterocycles. The molecule has 2 aliphatic rings. The molecule has 1 heterocycles. The van der Waals surface area contributed by atoms with Crippen LogP contribution >= 0.6 is 15.9 Å². The first-order chi connectivity index (χ1) is 7.22. The van der Waals surface area contributed by atoms with Crippen LogP contribution in [0.15, 0.2) is 0 Å². The summed E-state index contributed by atoms with van der Waals surface area (Å²) in [6.45, 7) is 4.11. The topological polar surface area (TPSA) is 20.3 Å². The molecule has 2 nitrogen and oxygen atoms in total. The van der Waals surface area contributed by atoms with Gasteiger partial charge in [0.25, 0.3) is 0 Å². The third kappa shape index (κ3) is 2.38. The summed E-state index contributed by atoms with van der Waals surface area (Å²) >= 11 is 3.69. The Balaban J connectivity index is 1.91. The van der Waals surface area contributed by atoms with Crippen LogP contribution in [0.5, 0.6) is 0 Å². The van der Waals surface area contributed by atoms with Crippen molar-refractivity contribution in [3.63, 3.8) is 0 Å². The van der Waals surface area contributed by atoms with Gasteiger partial charge >= 0.3 is 0 Å². The highest BCUT2D eigenvalue weighted by Crippen LogP contribution is 2.31. The number of rotatable bonds is 2. The molecule has 3 heteroatoms. The van der Waals surface area contributed by atoms with Gasteiger partial charge in [-0.15, -0.1) is 0 Å². The molecule has 1 aliphatic carbocycles. The molecule has 2 rings (SSSR count). The average Bonchev–Trinajstić information content (AvgIpc) is 2.85. The van der Waals surface area contributed by atoms with Crippen molar-refractivity contribution in [3.05, 3.63) is 0 Å². The van der Waals surface area contributed by atoms with E-state index in [-0.39, 0.29) is 0 Å². The van der Waals surface area contributed by atoms with E-state index in [2.05, 4.69) is 27.8 Å². The highest BCUT2D eigenvalue weighted by atomic mass is 79.9. The molecule has 15 heavy (non-hydrogen) atoms. The highest BCUT2D eigenvalue weighted by molar-refractivity contribution is 9.09. The molecule has 1 saturated carbocycles. The maximum absolute atomic E-state index is 12.2. The van der Waals surface area contributed by atoms with Crippen molar-refractivity contribution in [2.24, 2.45) is 11.8 Å². The second-order valence-electron chi connectivity index (χ2n) is 4.91. The van der Waals surface area contributed by atoms with Crippen molar-refractivity contribution in [1.29, 1.82) is 0 Å². The third-order valence-corrected chi connectivity index (χ3v) is 4.94. The van der Waals surface area contributed by atoms with E-state index < -0.39 is 0 Å². The fourth-order valence-electron chi connectivity index (χ4n) is 2.83. The van der Waals surface area contributed by atoms with Gasteiger partial charge in [0.05, 0.1) is 0 Å². The minimum Gasteiger partial charge on any atom is -0.341 e. The molecule has 0 spiro atoms. The number of halogens is 1.